The van der Waals surface area contributed by atoms with Crippen molar-refractivity contribution in [1.82, 2.24) is 20.2 Å². The molecule has 11 heavy (non-hydrogen) atoms. The second-order valence-electron chi connectivity index (χ2n) is 2.03. The van der Waals surface area contributed by atoms with E-state index in [9.17, 15) is 4.39 Å². The Morgan fingerprint density at radius 1 is 1.55 bits per heavy atom. The molecule has 0 unspecified atom stereocenters. The Balaban J connectivity index is 2.51. The SMILES string of the molecule is NCCc1nnn(CCF)n1. The topological polar surface area (TPSA) is 69.6 Å². The number of nitrogens with two attached hydrogens (primary N) is 1. The van der Waals surface area contributed by atoms with E-state index in [1.807, 2.05) is 0 Å². The molecule has 0 spiro atoms. The third-order valence-corrected chi connectivity index (χ3v) is 1.15. The summed E-state index contributed by atoms with van der Waals surface area (Å²) in [5.74, 6) is 0.570. The van der Waals surface area contributed by atoms with Crippen molar-refractivity contribution >= 4 is 0 Å². The molecule has 1 aromatic heterocycles. The molecule has 0 aliphatic carbocycles. The molecule has 0 amide bonds. The van der Waals surface area contributed by atoms with Gasteiger partial charge in [0.1, 0.15) is 6.67 Å². The van der Waals surface area contributed by atoms with Crippen molar-refractivity contribution in [1.29, 1.82) is 0 Å². The third kappa shape index (κ3) is 2.23. The molecule has 0 aromatic carbocycles. The van der Waals surface area contributed by atoms with Crippen molar-refractivity contribution in [3.8, 4) is 0 Å². The van der Waals surface area contributed by atoms with Crippen molar-refractivity contribution in [2.24, 2.45) is 5.73 Å². The minimum Gasteiger partial charge on any atom is -0.330 e. The molecule has 6 heteroatoms. The van der Waals surface area contributed by atoms with Crippen molar-refractivity contribution in [3.05, 3.63) is 5.82 Å². The van der Waals surface area contributed by atoms with Crippen LogP contribution in [0.5, 0.6) is 0 Å². The molecule has 0 saturated heterocycles. The Morgan fingerprint density at radius 2 is 2.36 bits per heavy atom. The summed E-state index contributed by atoms with van der Waals surface area (Å²) >= 11 is 0. The highest BCUT2D eigenvalue weighted by molar-refractivity contribution is 4.76. The van der Waals surface area contributed by atoms with Gasteiger partial charge >= 0.3 is 0 Å². The summed E-state index contributed by atoms with van der Waals surface area (Å²) < 4.78 is 11.7. The Kier molecular flexibility index (Phi) is 2.91. The summed E-state index contributed by atoms with van der Waals surface area (Å²) in [6.07, 6.45) is 0.590. The van der Waals surface area contributed by atoms with Crippen LogP contribution in [-0.2, 0) is 13.0 Å². The van der Waals surface area contributed by atoms with E-state index in [0.29, 0.717) is 18.8 Å². The van der Waals surface area contributed by atoms with Gasteiger partial charge in [-0.1, -0.05) is 0 Å². The molecule has 0 bridgehead atoms. The van der Waals surface area contributed by atoms with Gasteiger partial charge in [0.25, 0.3) is 0 Å². The van der Waals surface area contributed by atoms with E-state index in [1.54, 1.807) is 0 Å². The van der Waals surface area contributed by atoms with Crippen LogP contribution in [0.25, 0.3) is 0 Å². The number of hydrogen-bond acceptors (Lipinski definition) is 4. The van der Waals surface area contributed by atoms with Gasteiger partial charge in [-0.3, -0.25) is 0 Å². The predicted octanol–water partition coefficient (Wildman–Crippen LogP) is -0.856. The summed E-state index contributed by atoms with van der Waals surface area (Å²) in [5, 5.41) is 11.1. The highest BCUT2D eigenvalue weighted by atomic mass is 19.1. The van der Waals surface area contributed by atoms with Crippen LogP contribution < -0.4 is 5.73 Å². The maximum Gasteiger partial charge on any atom is 0.176 e. The fourth-order valence-electron chi connectivity index (χ4n) is 0.676. The van der Waals surface area contributed by atoms with Crippen molar-refractivity contribution in [2.45, 2.75) is 13.0 Å². The predicted molar refractivity (Wildman–Crippen MR) is 36.6 cm³/mol. The van der Waals surface area contributed by atoms with Crippen LogP contribution in [0.1, 0.15) is 5.82 Å². The van der Waals surface area contributed by atoms with E-state index in [2.05, 4.69) is 15.4 Å². The van der Waals surface area contributed by atoms with Crippen molar-refractivity contribution < 1.29 is 4.39 Å². The van der Waals surface area contributed by atoms with Crippen LogP contribution in [0.3, 0.4) is 0 Å². The molecule has 5 nitrogen and oxygen atoms in total. The standard InChI is InChI=1S/C5H10FN5/c6-2-4-11-9-5(1-3-7)8-10-11/h1-4,7H2. The number of rotatable bonds is 4. The number of nitrogens with zero attached hydrogens (tertiary/aromatic N) is 4. The van der Waals surface area contributed by atoms with Crippen molar-refractivity contribution in [2.75, 3.05) is 13.2 Å². The first-order valence-corrected chi connectivity index (χ1v) is 3.39. The highest BCUT2D eigenvalue weighted by Gasteiger charge is 1.99. The Morgan fingerprint density at radius 3 is 3.00 bits per heavy atom. The highest BCUT2D eigenvalue weighted by Crippen LogP contribution is 1.86. The maximum absolute atomic E-state index is 11.7. The van der Waals surface area contributed by atoms with E-state index >= 15 is 0 Å². The lowest BCUT2D eigenvalue weighted by Crippen LogP contribution is -2.06. The molecular weight excluding hydrogens is 149 g/mol. The van der Waals surface area contributed by atoms with Crippen molar-refractivity contribution in [3.63, 3.8) is 0 Å². The van der Waals surface area contributed by atoms with Crippen LogP contribution in [-0.4, -0.2) is 33.4 Å². The lowest BCUT2D eigenvalue weighted by Gasteiger charge is -1.89. The molecule has 0 radical (unpaired) electrons. The van der Waals surface area contributed by atoms with Gasteiger partial charge in [-0.15, -0.1) is 10.2 Å². The average molecular weight is 159 g/mol. The fraction of sp³-hybridized carbons (Fsp3) is 0.800. The summed E-state index contributed by atoms with van der Waals surface area (Å²) in [7, 11) is 0. The number of halogens is 1. The van der Waals surface area contributed by atoms with Gasteiger partial charge in [-0.05, 0) is 11.8 Å². The van der Waals surface area contributed by atoms with Crippen LogP contribution in [0.4, 0.5) is 4.39 Å². The molecule has 2 N–H and O–H groups in total. The largest absolute Gasteiger partial charge is 0.330 e. The first-order valence-electron chi connectivity index (χ1n) is 3.39. The Labute approximate surface area is 63.4 Å². The van der Waals surface area contributed by atoms with Gasteiger partial charge in [-0.25, -0.2) is 4.39 Å². The summed E-state index contributed by atoms with van der Waals surface area (Å²) in [4.78, 5) is 1.23. The molecule has 0 saturated carbocycles. The van der Waals surface area contributed by atoms with Gasteiger partial charge in [-0.2, -0.15) is 4.80 Å². The molecule has 0 atom stereocenters. The number of hydrogen-bond donors (Lipinski definition) is 1. The molecule has 0 fully saturated rings. The molecule has 0 aliphatic heterocycles. The zero-order valence-electron chi connectivity index (χ0n) is 6.07. The van der Waals surface area contributed by atoms with E-state index in [4.69, 9.17) is 5.73 Å². The zero-order chi connectivity index (χ0) is 8.10. The Hall–Kier alpha value is -1.04. The first kappa shape index (κ1) is 8.06. The summed E-state index contributed by atoms with van der Waals surface area (Å²) in [6, 6.07) is 0. The first-order chi connectivity index (χ1) is 5.36. The van der Waals surface area contributed by atoms with Gasteiger partial charge < -0.3 is 5.73 Å². The van der Waals surface area contributed by atoms with Gasteiger partial charge in [0, 0.05) is 6.42 Å². The lowest BCUT2D eigenvalue weighted by molar-refractivity contribution is 0.396. The number of aryl methyl sites for hydroxylation is 1. The summed E-state index contributed by atoms with van der Waals surface area (Å²) in [5.41, 5.74) is 5.25. The number of aromatic nitrogens is 4. The van der Waals surface area contributed by atoms with E-state index in [-0.39, 0.29) is 6.54 Å². The van der Waals surface area contributed by atoms with Crippen LogP contribution in [0.15, 0.2) is 0 Å². The molecule has 1 rings (SSSR count). The quantitative estimate of drug-likeness (QED) is 0.620. The number of alkyl halides is 1. The molecule has 62 valence electrons. The van der Waals surface area contributed by atoms with Crippen LogP contribution in [0.2, 0.25) is 0 Å². The minimum absolute atomic E-state index is 0.164. The molecule has 1 heterocycles. The third-order valence-electron chi connectivity index (χ3n) is 1.15. The molecular formula is C5H10FN5. The average Bonchev–Trinajstić information content (AvgIpc) is 2.38. The monoisotopic (exact) mass is 159 g/mol. The normalized spacial score (nSPS) is 10.4. The second-order valence-corrected chi connectivity index (χ2v) is 2.03. The maximum atomic E-state index is 11.7. The summed E-state index contributed by atoms with van der Waals surface area (Å²) in [6.45, 7) is 0.178. The molecule has 0 aliphatic rings. The minimum atomic E-state index is -0.474. The van der Waals surface area contributed by atoms with Gasteiger partial charge in [0.2, 0.25) is 0 Å². The zero-order valence-corrected chi connectivity index (χ0v) is 6.07. The van der Waals surface area contributed by atoms with Gasteiger partial charge in [0.15, 0.2) is 5.82 Å². The number of tetrazole rings is 1. The van der Waals surface area contributed by atoms with Gasteiger partial charge in [0.05, 0.1) is 6.54 Å². The van der Waals surface area contributed by atoms with E-state index in [0.717, 1.165) is 0 Å². The second kappa shape index (κ2) is 3.97. The molecule has 1 aromatic rings. The lowest BCUT2D eigenvalue weighted by atomic mass is 10.4. The smallest absolute Gasteiger partial charge is 0.176 e. The van der Waals surface area contributed by atoms with Crippen LogP contribution >= 0.6 is 0 Å². The van der Waals surface area contributed by atoms with Crippen LogP contribution in [0, 0.1) is 0 Å². The van der Waals surface area contributed by atoms with E-state index < -0.39 is 6.67 Å². The van der Waals surface area contributed by atoms with E-state index in [1.165, 1.54) is 4.80 Å². The fourth-order valence-corrected chi connectivity index (χ4v) is 0.676. The Bertz CT molecular complexity index is 190.